The van der Waals surface area contributed by atoms with Crippen LogP contribution < -0.4 is 0 Å². The highest BCUT2D eigenvalue weighted by Crippen LogP contribution is 2.21. The number of imidazole rings is 2. The molecule has 1 aromatic carbocycles. The predicted octanol–water partition coefficient (Wildman–Crippen LogP) is 2.78. The first kappa shape index (κ1) is 9.15. The van der Waals surface area contributed by atoms with Crippen molar-refractivity contribution in [2.75, 3.05) is 0 Å². The van der Waals surface area contributed by atoms with E-state index in [1.807, 2.05) is 22.9 Å². The molecule has 0 aliphatic rings. The molecule has 1 N–H and O–H groups in total. The number of benzene rings is 1. The zero-order valence-corrected chi connectivity index (χ0v) is 8.74. The second kappa shape index (κ2) is 3.20. The lowest BCUT2D eigenvalue weighted by molar-refractivity contribution is 0.619. The van der Waals surface area contributed by atoms with E-state index in [2.05, 4.69) is 9.97 Å². The highest BCUT2D eigenvalue weighted by molar-refractivity contribution is 5.62. The van der Waals surface area contributed by atoms with Crippen LogP contribution in [0.4, 0.5) is 4.39 Å². The first-order valence-corrected chi connectivity index (χ1v) is 5.02. The number of hydrogen-bond acceptors (Lipinski definition) is 1. The van der Waals surface area contributed by atoms with Crippen LogP contribution in [0.2, 0.25) is 0 Å². The van der Waals surface area contributed by atoms with Gasteiger partial charge in [0.25, 0.3) is 0 Å². The van der Waals surface area contributed by atoms with Gasteiger partial charge in [-0.05, 0) is 30.7 Å². The zero-order chi connectivity index (χ0) is 11.1. The molecule has 0 spiro atoms. The van der Waals surface area contributed by atoms with Gasteiger partial charge in [-0.15, -0.1) is 0 Å². The van der Waals surface area contributed by atoms with E-state index >= 15 is 0 Å². The Labute approximate surface area is 91.6 Å². The summed E-state index contributed by atoms with van der Waals surface area (Å²) in [7, 11) is 0. The molecule has 0 saturated heterocycles. The van der Waals surface area contributed by atoms with Crippen LogP contribution in [0, 0.1) is 12.7 Å². The molecule has 2 heterocycles. The summed E-state index contributed by atoms with van der Waals surface area (Å²) < 4.78 is 15.0. The number of halogens is 1. The molecule has 0 radical (unpaired) electrons. The minimum Gasteiger partial charge on any atom is -0.324 e. The molecule has 0 aliphatic carbocycles. The van der Waals surface area contributed by atoms with Crippen LogP contribution in [-0.4, -0.2) is 14.4 Å². The third kappa shape index (κ3) is 1.31. The van der Waals surface area contributed by atoms with Crippen molar-refractivity contribution >= 4 is 5.78 Å². The molecule has 3 nitrogen and oxygen atoms in total. The third-order valence-electron chi connectivity index (χ3n) is 2.65. The van der Waals surface area contributed by atoms with Crippen molar-refractivity contribution in [1.82, 2.24) is 14.4 Å². The van der Waals surface area contributed by atoms with Gasteiger partial charge in [0.2, 0.25) is 5.78 Å². The summed E-state index contributed by atoms with van der Waals surface area (Å²) in [4.78, 5) is 7.31. The van der Waals surface area contributed by atoms with Gasteiger partial charge in [0.05, 0.1) is 5.69 Å². The van der Waals surface area contributed by atoms with E-state index in [0.717, 1.165) is 17.0 Å². The van der Waals surface area contributed by atoms with Crippen molar-refractivity contribution in [2.24, 2.45) is 0 Å². The summed E-state index contributed by atoms with van der Waals surface area (Å²) in [6, 6.07) is 5.06. The lowest BCUT2D eigenvalue weighted by Gasteiger charge is -2.00. The molecule has 0 aliphatic heterocycles. The van der Waals surface area contributed by atoms with Crippen LogP contribution >= 0.6 is 0 Å². The minimum atomic E-state index is -0.180. The Morgan fingerprint density at radius 3 is 3.00 bits per heavy atom. The Morgan fingerprint density at radius 1 is 1.38 bits per heavy atom. The predicted molar refractivity (Wildman–Crippen MR) is 59.7 cm³/mol. The summed E-state index contributed by atoms with van der Waals surface area (Å²) in [6.45, 7) is 1.76. The maximum absolute atomic E-state index is 13.1. The van der Waals surface area contributed by atoms with Gasteiger partial charge >= 0.3 is 0 Å². The number of aromatic nitrogens is 3. The summed E-state index contributed by atoms with van der Waals surface area (Å²) in [5, 5.41) is 0. The van der Waals surface area contributed by atoms with Gasteiger partial charge in [0, 0.05) is 24.2 Å². The van der Waals surface area contributed by atoms with Crippen molar-refractivity contribution in [3.8, 4) is 11.3 Å². The van der Waals surface area contributed by atoms with Crippen LogP contribution in [0.15, 0.2) is 36.8 Å². The lowest BCUT2D eigenvalue weighted by Crippen LogP contribution is -1.84. The van der Waals surface area contributed by atoms with Crippen molar-refractivity contribution in [3.05, 3.63) is 48.2 Å². The highest BCUT2D eigenvalue weighted by atomic mass is 19.1. The zero-order valence-electron chi connectivity index (χ0n) is 8.74. The lowest BCUT2D eigenvalue weighted by atomic mass is 10.1. The Balaban J connectivity index is 2.15. The number of rotatable bonds is 1. The van der Waals surface area contributed by atoms with Crippen LogP contribution in [0.3, 0.4) is 0 Å². The Hall–Kier alpha value is -2.10. The van der Waals surface area contributed by atoms with Crippen molar-refractivity contribution in [2.45, 2.75) is 6.92 Å². The first-order valence-electron chi connectivity index (χ1n) is 5.02. The molecule has 2 aromatic heterocycles. The maximum Gasteiger partial charge on any atom is 0.211 e. The molecular formula is C12H10FN3. The van der Waals surface area contributed by atoms with Crippen molar-refractivity contribution < 1.29 is 4.39 Å². The molecule has 0 atom stereocenters. The van der Waals surface area contributed by atoms with E-state index in [-0.39, 0.29) is 5.82 Å². The number of H-pyrrole nitrogens is 1. The standard InChI is InChI=1S/C12H10FN3/c1-8-6-9(2-3-10(8)13)11-7-16-5-4-14-12(16)15-11/h2-7H,1H3,(H,14,15). The van der Waals surface area contributed by atoms with Crippen molar-refractivity contribution in [3.63, 3.8) is 0 Å². The Kier molecular flexibility index (Phi) is 1.83. The van der Waals surface area contributed by atoms with Gasteiger partial charge in [-0.3, -0.25) is 4.40 Å². The fourth-order valence-electron chi connectivity index (χ4n) is 1.76. The summed E-state index contributed by atoms with van der Waals surface area (Å²) >= 11 is 0. The molecule has 80 valence electrons. The first-order chi connectivity index (χ1) is 7.74. The molecule has 0 saturated carbocycles. The number of hydrogen-bond donors (Lipinski definition) is 1. The third-order valence-corrected chi connectivity index (χ3v) is 2.65. The molecule has 0 unspecified atom stereocenters. The Morgan fingerprint density at radius 2 is 2.25 bits per heavy atom. The second-order valence-electron chi connectivity index (χ2n) is 3.79. The molecule has 0 fully saturated rings. The fourth-order valence-corrected chi connectivity index (χ4v) is 1.76. The topological polar surface area (TPSA) is 33.1 Å². The van der Waals surface area contributed by atoms with Crippen LogP contribution in [0.5, 0.6) is 0 Å². The smallest absolute Gasteiger partial charge is 0.211 e. The van der Waals surface area contributed by atoms with E-state index in [1.54, 1.807) is 19.2 Å². The van der Waals surface area contributed by atoms with Crippen molar-refractivity contribution in [1.29, 1.82) is 0 Å². The van der Waals surface area contributed by atoms with Gasteiger partial charge in [-0.1, -0.05) is 0 Å². The number of aryl methyl sites for hydroxylation is 1. The van der Waals surface area contributed by atoms with E-state index in [1.165, 1.54) is 6.07 Å². The molecule has 4 heteroatoms. The van der Waals surface area contributed by atoms with Gasteiger partial charge in [0.15, 0.2) is 0 Å². The largest absolute Gasteiger partial charge is 0.324 e. The van der Waals surface area contributed by atoms with Crippen LogP contribution in [0.25, 0.3) is 17.0 Å². The van der Waals surface area contributed by atoms with Gasteiger partial charge < -0.3 is 4.98 Å². The number of aromatic amines is 1. The molecule has 0 amide bonds. The molecule has 0 bridgehead atoms. The normalized spacial score (nSPS) is 11.1. The van der Waals surface area contributed by atoms with Gasteiger partial charge in [0.1, 0.15) is 5.82 Å². The quantitative estimate of drug-likeness (QED) is 0.665. The fraction of sp³-hybridized carbons (Fsp3) is 0.0833. The molecular weight excluding hydrogens is 205 g/mol. The molecule has 3 aromatic rings. The summed E-state index contributed by atoms with van der Waals surface area (Å²) in [6.07, 6.45) is 5.53. The van der Waals surface area contributed by atoms with Crippen LogP contribution in [-0.2, 0) is 0 Å². The summed E-state index contributed by atoms with van der Waals surface area (Å²) in [5.41, 5.74) is 2.54. The number of nitrogens with one attached hydrogen (secondary N) is 1. The highest BCUT2D eigenvalue weighted by Gasteiger charge is 2.05. The number of nitrogens with zero attached hydrogens (tertiary/aromatic N) is 2. The maximum atomic E-state index is 13.1. The van der Waals surface area contributed by atoms with E-state index in [9.17, 15) is 4.39 Å². The number of fused-ring (bicyclic) bond motifs is 1. The second-order valence-corrected chi connectivity index (χ2v) is 3.79. The van der Waals surface area contributed by atoms with E-state index in [4.69, 9.17) is 0 Å². The summed E-state index contributed by atoms with van der Waals surface area (Å²) in [5.74, 6) is 0.608. The molecule has 16 heavy (non-hydrogen) atoms. The van der Waals surface area contributed by atoms with Crippen LogP contribution in [0.1, 0.15) is 5.56 Å². The van der Waals surface area contributed by atoms with E-state index in [0.29, 0.717) is 5.56 Å². The Bertz CT molecular complexity index is 623. The minimum absolute atomic E-state index is 0.180. The average molecular weight is 215 g/mol. The monoisotopic (exact) mass is 215 g/mol. The molecule has 3 rings (SSSR count). The van der Waals surface area contributed by atoms with Gasteiger partial charge in [-0.25, -0.2) is 9.37 Å². The van der Waals surface area contributed by atoms with Gasteiger partial charge in [-0.2, -0.15) is 0 Å². The van der Waals surface area contributed by atoms with E-state index < -0.39 is 0 Å². The average Bonchev–Trinajstić information content (AvgIpc) is 2.81. The SMILES string of the molecule is Cc1cc(-c2cn3ccnc3[nH]2)ccc1F.